The number of esters is 1. The minimum Gasteiger partial charge on any atom is -0.461 e. The molecule has 0 saturated heterocycles. The van der Waals surface area contributed by atoms with Crippen molar-refractivity contribution in [1.82, 2.24) is 15.0 Å². The molecule has 246 valence electrons. The van der Waals surface area contributed by atoms with Gasteiger partial charge in [-0.05, 0) is 34.5 Å². The molecule has 2 aromatic carbocycles. The zero-order valence-corrected chi connectivity index (χ0v) is 29.2. The van der Waals surface area contributed by atoms with Crippen molar-refractivity contribution in [2.24, 2.45) is 5.73 Å². The Labute approximate surface area is 280 Å². The van der Waals surface area contributed by atoms with E-state index in [-0.39, 0.29) is 23.9 Å². The average molecular weight is 673 g/mol. The molecule has 12 heteroatoms. The fourth-order valence-corrected chi connectivity index (χ4v) is 11.0. The van der Waals surface area contributed by atoms with E-state index in [1.165, 1.54) is 31.8 Å². The lowest BCUT2D eigenvalue weighted by Gasteiger charge is -2.43. The van der Waals surface area contributed by atoms with Crippen LogP contribution in [0, 0.1) is 0 Å². The van der Waals surface area contributed by atoms with E-state index in [9.17, 15) is 4.79 Å². The first-order chi connectivity index (χ1) is 22.6. The smallest absolute Gasteiger partial charge is 0.357 e. The topological polar surface area (TPSA) is 132 Å². The molecule has 0 aliphatic rings. The van der Waals surface area contributed by atoms with Crippen molar-refractivity contribution < 1.29 is 27.8 Å². The number of ether oxygens (including phenoxy) is 3. The zero-order valence-electron chi connectivity index (χ0n) is 27.4. The van der Waals surface area contributed by atoms with Crippen molar-refractivity contribution in [3.05, 3.63) is 102 Å². The van der Waals surface area contributed by atoms with E-state index in [1.54, 1.807) is 18.4 Å². The SMILES string of the molecule is CCOC(=O)c1csc(-c2ccc(C(OC)OC)nc2-c2coc([C@@H](N)CO[Si](c3ccccc3)(c3ccccc3)C(C)(C)C)n2)n1. The fraction of sp³-hybridized carbons (Fsp3) is 0.314. The second-order valence-corrected chi connectivity index (χ2v) is 17.0. The van der Waals surface area contributed by atoms with Crippen LogP contribution in [0.4, 0.5) is 0 Å². The molecule has 47 heavy (non-hydrogen) atoms. The molecule has 0 aliphatic heterocycles. The van der Waals surface area contributed by atoms with E-state index in [2.05, 4.69) is 50.0 Å². The average Bonchev–Trinajstić information content (AvgIpc) is 3.77. The fourth-order valence-electron chi connectivity index (χ4n) is 5.62. The van der Waals surface area contributed by atoms with Gasteiger partial charge in [0.05, 0.1) is 18.9 Å². The normalized spacial score (nSPS) is 12.8. The van der Waals surface area contributed by atoms with Gasteiger partial charge in [0, 0.05) is 25.2 Å². The molecule has 3 aromatic heterocycles. The molecule has 3 heterocycles. The summed E-state index contributed by atoms with van der Waals surface area (Å²) in [7, 11) is 0.242. The number of thiazole rings is 1. The van der Waals surface area contributed by atoms with Gasteiger partial charge in [-0.2, -0.15) is 0 Å². The van der Waals surface area contributed by atoms with E-state index in [4.69, 9.17) is 38.8 Å². The van der Waals surface area contributed by atoms with Crippen LogP contribution in [0.15, 0.2) is 88.9 Å². The third-order valence-corrected chi connectivity index (χ3v) is 13.7. The summed E-state index contributed by atoms with van der Waals surface area (Å²) in [6.45, 7) is 8.83. The Morgan fingerprint density at radius 1 is 0.936 bits per heavy atom. The molecule has 5 rings (SSSR count). The molecule has 5 aromatic rings. The summed E-state index contributed by atoms with van der Waals surface area (Å²) in [5, 5.41) is 4.32. The van der Waals surface area contributed by atoms with Gasteiger partial charge in [0.15, 0.2) is 5.69 Å². The van der Waals surface area contributed by atoms with Crippen LogP contribution in [0.5, 0.6) is 0 Å². The summed E-state index contributed by atoms with van der Waals surface area (Å²) < 4.78 is 29.0. The van der Waals surface area contributed by atoms with E-state index < -0.39 is 26.6 Å². The van der Waals surface area contributed by atoms with Crippen molar-refractivity contribution >= 4 is 36.0 Å². The maximum absolute atomic E-state index is 12.3. The Kier molecular flexibility index (Phi) is 10.8. The molecule has 0 saturated carbocycles. The number of nitrogens with two attached hydrogens (primary N) is 1. The summed E-state index contributed by atoms with van der Waals surface area (Å²) in [5.41, 5.74) is 9.06. The van der Waals surface area contributed by atoms with Crippen LogP contribution < -0.4 is 16.1 Å². The monoisotopic (exact) mass is 672 g/mol. The highest BCUT2D eigenvalue weighted by Gasteiger charge is 2.50. The van der Waals surface area contributed by atoms with Crippen molar-refractivity contribution in [3.8, 4) is 22.0 Å². The van der Waals surface area contributed by atoms with Gasteiger partial charge in [-0.15, -0.1) is 11.3 Å². The van der Waals surface area contributed by atoms with Crippen LogP contribution in [-0.4, -0.2) is 56.7 Å². The van der Waals surface area contributed by atoms with E-state index in [0.29, 0.717) is 33.5 Å². The number of nitrogens with zero attached hydrogens (tertiary/aromatic N) is 3. The number of hydrogen-bond acceptors (Lipinski definition) is 11. The summed E-state index contributed by atoms with van der Waals surface area (Å²) in [5.74, 6) is -0.187. The molecular formula is C35H40N4O6SSi. The number of carbonyl (C=O) groups is 1. The molecule has 0 fully saturated rings. The van der Waals surface area contributed by atoms with E-state index in [0.717, 1.165) is 10.4 Å². The molecule has 0 amide bonds. The highest BCUT2D eigenvalue weighted by Crippen LogP contribution is 2.38. The van der Waals surface area contributed by atoms with Crippen LogP contribution in [0.25, 0.3) is 22.0 Å². The largest absolute Gasteiger partial charge is 0.461 e. The Bertz CT molecular complexity index is 1730. The van der Waals surface area contributed by atoms with Crippen LogP contribution in [0.2, 0.25) is 5.04 Å². The molecule has 10 nitrogen and oxygen atoms in total. The van der Waals surface area contributed by atoms with Crippen molar-refractivity contribution in [2.75, 3.05) is 27.4 Å². The Balaban J connectivity index is 1.50. The number of hydrogen-bond donors (Lipinski definition) is 1. The van der Waals surface area contributed by atoms with Crippen LogP contribution >= 0.6 is 11.3 Å². The molecule has 0 bridgehead atoms. The third-order valence-electron chi connectivity index (χ3n) is 7.78. The summed E-state index contributed by atoms with van der Waals surface area (Å²) >= 11 is 1.30. The predicted molar refractivity (Wildman–Crippen MR) is 184 cm³/mol. The quantitative estimate of drug-likeness (QED) is 0.0916. The first-order valence-electron chi connectivity index (χ1n) is 15.3. The van der Waals surface area contributed by atoms with Gasteiger partial charge in [0.25, 0.3) is 8.32 Å². The molecule has 0 spiro atoms. The van der Waals surface area contributed by atoms with Crippen molar-refractivity contribution in [2.45, 2.75) is 45.1 Å². The minimum absolute atomic E-state index is 0.179. The van der Waals surface area contributed by atoms with E-state index >= 15 is 0 Å². The first-order valence-corrected chi connectivity index (χ1v) is 18.1. The Morgan fingerprint density at radius 2 is 1.57 bits per heavy atom. The number of benzene rings is 2. The van der Waals surface area contributed by atoms with Crippen LogP contribution in [0.1, 0.15) is 62.1 Å². The van der Waals surface area contributed by atoms with Crippen molar-refractivity contribution in [3.63, 3.8) is 0 Å². The predicted octanol–water partition coefficient (Wildman–Crippen LogP) is 5.90. The highest BCUT2D eigenvalue weighted by molar-refractivity contribution is 7.13. The summed E-state index contributed by atoms with van der Waals surface area (Å²) in [6.07, 6.45) is 0.810. The van der Waals surface area contributed by atoms with Gasteiger partial charge in [-0.3, -0.25) is 0 Å². The molecular weight excluding hydrogens is 633 g/mol. The Morgan fingerprint density at radius 3 is 2.15 bits per heavy atom. The molecule has 0 radical (unpaired) electrons. The number of rotatable bonds is 13. The number of pyridine rings is 1. The molecule has 0 aliphatic carbocycles. The lowest BCUT2D eigenvalue weighted by molar-refractivity contribution is -0.108. The molecule has 2 N–H and O–H groups in total. The standard InChI is InChI=1S/C35H40N4O6SSi/c1-7-43-33(40)29-22-46-32(39-29)25-18-19-27(34(41-5)42-6)37-30(25)28-21-44-31(38-28)26(36)20-45-47(35(2,3)4,23-14-10-8-11-15-23)24-16-12-9-13-17-24/h8-19,21-22,26,34H,7,20,36H2,1-6H3/t26-/m0/s1. The second-order valence-electron chi connectivity index (χ2n) is 11.8. The lowest BCUT2D eigenvalue weighted by atomic mass is 10.1. The van der Waals surface area contributed by atoms with Crippen molar-refractivity contribution in [1.29, 1.82) is 0 Å². The Hall–Kier alpha value is -4.04. The van der Waals surface area contributed by atoms with Crippen LogP contribution in [-0.2, 0) is 18.6 Å². The molecule has 1 atom stereocenters. The number of methoxy groups -OCH3 is 2. The third kappa shape index (κ3) is 7.13. The van der Waals surface area contributed by atoms with Gasteiger partial charge < -0.3 is 28.8 Å². The minimum atomic E-state index is -2.83. The van der Waals surface area contributed by atoms with Gasteiger partial charge in [0.2, 0.25) is 12.2 Å². The van der Waals surface area contributed by atoms with Crippen LogP contribution in [0.3, 0.4) is 0 Å². The first kappa shape index (κ1) is 34.3. The zero-order chi connectivity index (χ0) is 33.6. The highest BCUT2D eigenvalue weighted by atomic mass is 32.1. The summed E-state index contributed by atoms with van der Waals surface area (Å²) in [4.78, 5) is 26.5. The number of carbonyl (C=O) groups excluding carboxylic acids is 1. The lowest BCUT2D eigenvalue weighted by Crippen LogP contribution is -2.67. The van der Waals surface area contributed by atoms with Gasteiger partial charge >= 0.3 is 5.97 Å². The molecule has 0 unspecified atom stereocenters. The maximum atomic E-state index is 12.3. The number of oxazole rings is 1. The van der Waals surface area contributed by atoms with E-state index in [1.807, 2.05) is 42.5 Å². The summed E-state index contributed by atoms with van der Waals surface area (Å²) in [6, 6.07) is 23.7. The van der Waals surface area contributed by atoms with Gasteiger partial charge in [0.1, 0.15) is 28.7 Å². The maximum Gasteiger partial charge on any atom is 0.357 e. The second kappa shape index (κ2) is 14.8. The number of aromatic nitrogens is 3. The van der Waals surface area contributed by atoms with Gasteiger partial charge in [-0.25, -0.2) is 19.7 Å². The van der Waals surface area contributed by atoms with Gasteiger partial charge in [-0.1, -0.05) is 81.4 Å².